The fourth-order valence-corrected chi connectivity index (χ4v) is 4.94. The molecular weight excluding hydrogens is 227 g/mol. The number of halogens is 1. The van der Waals surface area contributed by atoms with E-state index in [1.54, 1.807) is 6.07 Å². The molecule has 0 heterocycles. The van der Waals surface area contributed by atoms with Crippen molar-refractivity contribution in [3.63, 3.8) is 0 Å². The summed E-state index contributed by atoms with van der Waals surface area (Å²) in [6.07, 6.45) is 7.80. The molecule has 4 saturated carbocycles. The highest BCUT2D eigenvalue weighted by Crippen LogP contribution is 2.56. The molecule has 0 aliphatic heterocycles. The molecule has 0 unspecified atom stereocenters. The molecule has 1 aromatic rings. The van der Waals surface area contributed by atoms with E-state index in [4.69, 9.17) is 4.74 Å². The first-order chi connectivity index (χ1) is 8.71. The molecule has 4 aliphatic rings. The van der Waals surface area contributed by atoms with E-state index in [2.05, 4.69) is 0 Å². The summed E-state index contributed by atoms with van der Waals surface area (Å²) in [5.41, 5.74) is 0.0303. The van der Waals surface area contributed by atoms with Crippen LogP contribution in [0.2, 0.25) is 0 Å². The second-order valence-corrected chi connectivity index (χ2v) is 6.66. The third kappa shape index (κ3) is 1.73. The fourth-order valence-electron chi connectivity index (χ4n) is 4.94. The van der Waals surface area contributed by atoms with Gasteiger partial charge in [0.05, 0.1) is 0 Å². The highest BCUT2D eigenvalue weighted by Gasteiger charge is 2.52. The highest BCUT2D eigenvalue weighted by atomic mass is 19.1. The molecular formula is C16H19FO. The van der Waals surface area contributed by atoms with Crippen LogP contribution in [0.5, 0.6) is 5.75 Å². The van der Waals surface area contributed by atoms with Crippen LogP contribution in [0.25, 0.3) is 0 Å². The molecule has 1 aromatic carbocycles. The summed E-state index contributed by atoms with van der Waals surface area (Å²) in [6.45, 7) is 0. The van der Waals surface area contributed by atoms with Gasteiger partial charge >= 0.3 is 0 Å². The third-order valence-corrected chi connectivity index (χ3v) is 5.11. The van der Waals surface area contributed by atoms with Crippen molar-refractivity contribution in [3.05, 3.63) is 30.1 Å². The lowest BCUT2D eigenvalue weighted by Gasteiger charge is -2.56. The van der Waals surface area contributed by atoms with Crippen LogP contribution in [0.3, 0.4) is 0 Å². The summed E-state index contributed by atoms with van der Waals surface area (Å²) in [6, 6.07) is 6.64. The lowest BCUT2D eigenvalue weighted by atomic mass is 9.54. The van der Waals surface area contributed by atoms with Crippen molar-refractivity contribution >= 4 is 0 Å². The Hall–Kier alpha value is -1.05. The Morgan fingerprint density at radius 2 is 1.61 bits per heavy atom. The smallest absolute Gasteiger partial charge is 0.126 e. The molecule has 0 spiro atoms. The van der Waals surface area contributed by atoms with E-state index in [-0.39, 0.29) is 11.4 Å². The van der Waals surface area contributed by atoms with Gasteiger partial charge in [-0.1, -0.05) is 6.07 Å². The van der Waals surface area contributed by atoms with Gasteiger partial charge in [-0.2, -0.15) is 0 Å². The van der Waals surface area contributed by atoms with Gasteiger partial charge in [-0.05, 0) is 68.4 Å². The van der Waals surface area contributed by atoms with E-state index in [1.165, 1.54) is 50.7 Å². The van der Waals surface area contributed by atoms with Crippen LogP contribution in [0, 0.1) is 23.6 Å². The molecule has 96 valence electrons. The molecule has 4 aliphatic carbocycles. The predicted octanol–water partition coefficient (Wildman–Crippen LogP) is 4.17. The lowest BCUT2D eigenvalue weighted by Crippen LogP contribution is -2.53. The molecule has 0 aromatic heterocycles. The fraction of sp³-hybridized carbons (Fsp3) is 0.625. The van der Waals surface area contributed by atoms with Gasteiger partial charge in [-0.15, -0.1) is 0 Å². The molecule has 4 fully saturated rings. The Labute approximate surface area is 107 Å². The maximum Gasteiger partial charge on any atom is 0.126 e. The largest absolute Gasteiger partial charge is 0.487 e. The van der Waals surface area contributed by atoms with Crippen LogP contribution in [0.1, 0.15) is 38.5 Å². The van der Waals surface area contributed by atoms with Gasteiger partial charge < -0.3 is 4.74 Å². The average Bonchev–Trinajstić information content (AvgIpc) is 2.25. The monoisotopic (exact) mass is 246 g/mol. The van der Waals surface area contributed by atoms with Gasteiger partial charge in [0.2, 0.25) is 0 Å². The molecule has 0 saturated heterocycles. The zero-order chi connectivity index (χ0) is 12.2. The van der Waals surface area contributed by atoms with Crippen molar-refractivity contribution in [2.75, 3.05) is 0 Å². The van der Waals surface area contributed by atoms with E-state index in [9.17, 15) is 4.39 Å². The second-order valence-electron chi connectivity index (χ2n) is 6.66. The lowest BCUT2D eigenvalue weighted by molar-refractivity contribution is -0.107. The van der Waals surface area contributed by atoms with Gasteiger partial charge in [0.1, 0.15) is 17.2 Å². The second kappa shape index (κ2) is 3.72. The Kier molecular flexibility index (Phi) is 2.24. The van der Waals surface area contributed by atoms with Gasteiger partial charge in [-0.25, -0.2) is 4.39 Å². The van der Waals surface area contributed by atoms with Gasteiger partial charge in [0.15, 0.2) is 0 Å². The minimum atomic E-state index is -0.197. The first-order valence-electron chi connectivity index (χ1n) is 7.15. The van der Waals surface area contributed by atoms with E-state index in [0.29, 0.717) is 0 Å². The van der Waals surface area contributed by atoms with E-state index in [0.717, 1.165) is 23.5 Å². The molecule has 18 heavy (non-hydrogen) atoms. The van der Waals surface area contributed by atoms with E-state index in [1.807, 2.05) is 6.07 Å². The third-order valence-electron chi connectivity index (χ3n) is 5.11. The summed E-state index contributed by atoms with van der Waals surface area (Å²) in [4.78, 5) is 0. The summed E-state index contributed by atoms with van der Waals surface area (Å²) >= 11 is 0. The SMILES string of the molecule is Fc1cccc(OC23CC4CC(CC(C4)C2)C3)c1. The van der Waals surface area contributed by atoms with Gasteiger partial charge in [0, 0.05) is 6.07 Å². The topological polar surface area (TPSA) is 9.23 Å². The Morgan fingerprint density at radius 3 is 2.17 bits per heavy atom. The number of ether oxygens (including phenoxy) is 1. The maximum absolute atomic E-state index is 13.2. The average molecular weight is 246 g/mol. The summed E-state index contributed by atoms with van der Waals surface area (Å²) in [5, 5.41) is 0. The van der Waals surface area contributed by atoms with Crippen molar-refractivity contribution in [1.29, 1.82) is 0 Å². The maximum atomic E-state index is 13.2. The van der Waals surface area contributed by atoms with Crippen molar-refractivity contribution in [2.45, 2.75) is 44.1 Å². The minimum Gasteiger partial charge on any atom is -0.487 e. The van der Waals surface area contributed by atoms with Crippen LogP contribution in [-0.2, 0) is 0 Å². The Bertz CT molecular complexity index is 433. The summed E-state index contributed by atoms with van der Waals surface area (Å²) < 4.78 is 19.5. The Balaban J connectivity index is 1.60. The number of rotatable bonds is 2. The van der Waals surface area contributed by atoms with E-state index >= 15 is 0 Å². The zero-order valence-electron chi connectivity index (χ0n) is 10.6. The van der Waals surface area contributed by atoms with Crippen molar-refractivity contribution in [2.24, 2.45) is 17.8 Å². The van der Waals surface area contributed by atoms with Crippen molar-refractivity contribution in [1.82, 2.24) is 0 Å². The van der Waals surface area contributed by atoms with E-state index < -0.39 is 0 Å². The summed E-state index contributed by atoms with van der Waals surface area (Å²) in [7, 11) is 0. The number of benzene rings is 1. The minimum absolute atomic E-state index is 0.0303. The van der Waals surface area contributed by atoms with Crippen LogP contribution in [-0.4, -0.2) is 5.60 Å². The summed E-state index contributed by atoms with van der Waals surface area (Å²) in [5.74, 6) is 3.12. The first-order valence-corrected chi connectivity index (χ1v) is 7.15. The Morgan fingerprint density at radius 1 is 1.00 bits per heavy atom. The molecule has 0 amide bonds. The first kappa shape index (κ1) is 10.8. The molecule has 0 atom stereocenters. The quantitative estimate of drug-likeness (QED) is 0.761. The normalized spacial score (nSPS) is 41.1. The molecule has 1 nitrogen and oxygen atoms in total. The van der Waals surface area contributed by atoms with Crippen LogP contribution in [0.15, 0.2) is 24.3 Å². The van der Waals surface area contributed by atoms with Crippen LogP contribution >= 0.6 is 0 Å². The standard InChI is InChI=1S/C16H19FO/c17-14-2-1-3-15(7-14)18-16-8-11-4-12(9-16)6-13(5-11)10-16/h1-3,7,11-13H,4-6,8-10H2. The zero-order valence-corrected chi connectivity index (χ0v) is 10.6. The highest BCUT2D eigenvalue weighted by molar-refractivity contribution is 5.24. The molecule has 2 heteroatoms. The number of hydrogen-bond donors (Lipinski definition) is 0. The van der Waals surface area contributed by atoms with Crippen LogP contribution in [0.4, 0.5) is 4.39 Å². The van der Waals surface area contributed by atoms with Gasteiger partial charge in [-0.3, -0.25) is 0 Å². The molecule has 4 bridgehead atoms. The van der Waals surface area contributed by atoms with Crippen LogP contribution < -0.4 is 4.74 Å². The van der Waals surface area contributed by atoms with Crippen molar-refractivity contribution in [3.8, 4) is 5.75 Å². The predicted molar refractivity (Wildman–Crippen MR) is 67.9 cm³/mol. The molecule has 0 N–H and O–H groups in total. The molecule has 5 rings (SSSR count). The molecule has 0 radical (unpaired) electrons. The van der Waals surface area contributed by atoms with Crippen molar-refractivity contribution < 1.29 is 9.13 Å². The van der Waals surface area contributed by atoms with Gasteiger partial charge in [0.25, 0.3) is 0 Å². The number of hydrogen-bond acceptors (Lipinski definition) is 1.